The molecule has 0 atom stereocenters. The van der Waals surface area contributed by atoms with Crippen molar-refractivity contribution in [1.29, 1.82) is 0 Å². The van der Waals surface area contributed by atoms with E-state index in [1.807, 2.05) is 79.0 Å². The maximum atomic E-state index is 6.47. The van der Waals surface area contributed by atoms with E-state index in [9.17, 15) is 0 Å². The lowest BCUT2D eigenvalue weighted by Crippen LogP contribution is -2.05. The fourth-order valence-corrected chi connectivity index (χ4v) is 7.45. The van der Waals surface area contributed by atoms with E-state index in [4.69, 9.17) is 14.4 Å². The molecule has 0 amide bonds. The van der Waals surface area contributed by atoms with Crippen LogP contribution in [0.4, 0.5) is 5.69 Å². The van der Waals surface area contributed by atoms with Crippen molar-refractivity contribution >= 4 is 68.4 Å². The van der Waals surface area contributed by atoms with E-state index >= 15 is 0 Å². The lowest BCUT2D eigenvalue weighted by Gasteiger charge is -2.06. The molecule has 5 nitrogen and oxygen atoms in total. The maximum absolute atomic E-state index is 6.47. The van der Waals surface area contributed by atoms with E-state index in [1.165, 1.54) is 10.8 Å². The molecule has 0 spiro atoms. The number of hydrogen-bond donors (Lipinski definition) is 1. The number of rotatable bonds is 11. The molecule has 0 bridgehead atoms. The predicted molar refractivity (Wildman–Crippen MR) is 259 cm³/mol. The quantitative estimate of drug-likeness (QED) is 0.0806. The fourth-order valence-electron chi connectivity index (χ4n) is 7.45. The van der Waals surface area contributed by atoms with Crippen LogP contribution in [0.25, 0.3) is 55.5 Å². The first-order valence-electron chi connectivity index (χ1n) is 20.3. The second-order valence-corrected chi connectivity index (χ2v) is 14.6. The number of nitrogens with one attached hydrogen (secondary N) is 1. The molecule has 0 aliphatic rings. The molecule has 0 saturated carbocycles. The highest BCUT2D eigenvalue weighted by Crippen LogP contribution is 2.37. The Kier molecular flexibility index (Phi) is 11.4. The Balaban J connectivity index is 0.950. The molecule has 1 heterocycles. The third kappa shape index (κ3) is 8.97. The molecule has 1 aromatic heterocycles. The number of fused-ring (bicyclic) bond motifs is 4. The van der Waals surface area contributed by atoms with E-state index in [1.54, 1.807) is 0 Å². The molecule has 0 aliphatic carbocycles. The molecule has 0 unspecified atom stereocenters. The second kappa shape index (κ2) is 18.2. The van der Waals surface area contributed by atoms with Crippen molar-refractivity contribution in [2.24, 2.45) is 15.0 Å². The van der Waals surface area contributed by atoms with Crippen LogP contribution >= 0.6 is 0 Å². The van der Waals surface area contributed by atoms with Crippen LogP contribution in [0.15, 0.2) is 238 Å². The van der Waals surface area contributed by atoms with E-state index in [0.29, 0.717) is 18.2 Å². The summed E-state index contributed by atoms with van der Waals surface area (Å²) in [7, 11) is 0. The van der Waals surface area contributed by atoms with Gasteiger partial charge in [-0.05, 0) is 81.2 Å². The average molecular weight is 787 g/mol. The number of amidine groups is 2. The molecule has 0 fully saturated rings. The smallest absolute Gasteiger partial charge is 0.161 e. The number of benzene rings is 8. The van der Waals surface area contributed by atoms with Crippen LogP contribution in [0.3, 0.4) is 0 Å². The van der Waals surface area contributed by atoms with Crippen LogP contribution in [0.5, 0.6) is 0 Å². The van der Waals surface area contributed by atoms with Gasteiger partial charge in [0.2, 0.25) is 0 Å². The Labute approximate surface area is 355 Å². The number of anilines is 1. The summed E-state index contributed by atoms with van der Waals surface area (Å²) < 4.78 is 6.47. The summed E-state index contributed by atoms with van der Waals surface area (Å²) in [4.78, 5) is 14.1. The molecule has 8 aromatic carbocycles. The van der Waals surface area contributed by atoms with Gasteiger partial charge in [0.05, 0.1) is 6.54 Å². The van der Waals surface area contributed by atoms with Crippen molar-refractivity contribution in [2.45, 2.75) is 6.54 Å². The zero-order valence-corrected chi connectivity index (χ0v) is 33.5. The van der Waals surface area contributed by atoms with Crippen LogP contribution in [0.1, 0.15) is 27.8 Å². The van der Waals surface area contributed by atoms with Crippen molar-refractivity contribution in [3.63, 3.8) is 0 Å². The maximum Gasteiger partial charge on any atom is 0.161 e. The van der Waals surface area contributed by atoms with Gasteiger partial charge in [-0.3, -0.25) is 4.99 Å². The number of aliphatic imine (C=N–C) groups is 3. The molecule has 9 aromatic rings. The topological polar surface area (TPSA) is 62.2 Å². The summed E-state index contributed by atoms with van der Waals surface area (Å²) in [5, 5.41) is 8.01. The van der Waals surface area contributed by atoms with E-state index in [-0.39, 0.29) is 0 Å². The van der Waals surface area contributed by atoms with Crippen molar-refractivity contribution in [3.05, 3.63) is 246 Å². The lowest BCUT2D eigenvalue weighted by atomic mass is 9.97. The van der Waals surface area contributed by atoms with Gasteiger partial charge in [0.15, 0.2) is 11.7 Å². The number of hydrogen-bond acceptors (Lipinski definition) is 3. The Hall–Kier alpha value is -8.15. The average Bonchev–Trinajstić information content (AvgIpc) is 3.70. The summed E-state index contributed by atoms with van der Waals surface area (Å²) in [6, 6.07) is 66.3. The van der Waals surface area contributed by atoms with Gasteiger partial charge < -0.3 is 9.73 Å². The monoisotopic (exact) mass is 786 g/mol. The number of furan rings is 1. The minimum absolute atomic E-state index is 0.418. The van der Waals surface area contributed by atoms with Crippen LogP contribution in [0, 0.1) is 0 Å². The largest absolute Gasteiger partial charge is 0.456 e. The molecule has 0 aliphatic heterocycles. The highest BCUT2D eigenvalue weighted by Gasteiger charge is 2.14. The highest BCUT2D eigenvalue weighted by atomic mass is 16.3. The first-order chi connectivity index (χ1) is 30.2. The van der Waals surface area contributed by atoms with Gasteiger partial charge in [0.25, 0.3) is 0 Å². The third-order valence-electron chi connectivity index (χ3n) is 10.6. The normalized spacial score (nSPS) is 12.6. The van der Waals surface area contributed by atoms with E-state index in [0.717, 1.165) is 72.1 Å². The van der Waals surface area contributed by atoms with Crippen LogP contribution in [-0.2, 0) is 6.54 Å². The second-order valence-electron chi connectivity index (χ2n) is 14.6. The SMILES string of the molecule is C=N/C(=N\C(=N/Cc1ccc2c(c1)oc1cccc(-c3ccc(\C=C/C(=C\C=C\Nc4ccc5ccccc5c4)c4ccccc4)cc3)c12)c1ccccc1)c1ccccc1. The number of nitrogens with zero attached hydrogens (tertiary/aromatic N) is 3. The fraction of sp³-hybridized carbons (Fsp3) is 0.0179. The van der Waals surface area contributed by atoms with Crippen molar-refractivity contribution < 1.29 is 4.42 Å². The van der Waals surface area contributed by atoms with Gasteiger partial charge in [0.1, 0.15) is 11.2 Å². The predicted octanol–water partition coefficient (Wildman–Crippen LogP) is 14.2. The summed E-state index contributed by atoms with van der Waals surface area (Å²) in [6.45, 7) is 4.20. The van der Waals surface area contributed by atoms with Gasteiger partial charge in [0, 0.05) is 33.8 Å². The first kappa shape index (κ1) is 38.4. The standard InChI is InChI=1S/C56H42N4O/c1-57-55(46-18-7-3-8-19-46)60-56(47-20-9-4-10-21-47)59-39-41-29-35-51-53(37-41)61-52-25-13-24-50(54(51)52)45-31-27-40(28-32-45)26-30-43(42-15-5-2-6-16-42)23-14-36-58-49-34-33-44-17-11-12-22-48(44)38-49/h2-38,58H,1,39H2/b30-26-,36-14+,43-23+,59-56-,60-55-. The summed E-state index contributed by atoms with van der Waals surface area (Å²) in [5.41, 5.74) is 11.1. The molecule has 61 heavy (non-hydrogen) atoms. The van der Waals surface area contributed by atoms with Gasteiger partial charge >= 0.3 is 0 Å². The Morgan fingerprint density at radius 2 is 1.28 bits per heavy atom. The minimum atomic E-state index is 0.418. The molecular formula is C56H42N4O. The van der Waals surface area contributed by atoms with Crippen molar-refractivity contribution in [1.82, 2.24) is 0 Å². The Morgan fingerprint density at radius 3 is 2.02 bits per heavy atom. The molecule has 0 saturated heterocycles. The number of allylic oxidation sites excluding steroid dienone is 4. The summed E-state index contributed by atoms with van der Waals surface area (Å²) >= 11 is 0. The summed E-state index contributed by atoms with van der Waals surface area (Å²) in [5.74, 6) is 1.11. The van der Waals surface area contributed by atoms with Gasteiger partial charge in [-0.1, -0.05) is 188 Å². The van der Waals surface area contributed by atoms with E-state index < -0.39 is 0 Å². The molecular weight excluding hydrogens is 745 g/mol. The third-order valence-corrected chi connectivity index (χ3v) is 10.6. The molecule has 292 valence electrons. The molecule has 5 heteroatoms. The Bertz CT molecular complexity index is 3120. The molecule has 9 rings (SSSR count). The zero-order chi connectivity index (χ0) is 41.2. The van der Waals surface area contributed by atoms with Gasteiger partial charge in [-0.25, -0.2) is 9.98 Å². The Morgan fingerprint density at radius 1 is 0.590 bits per heavy atom. The molecule has 1 N–H and O–H groups in total. The zero-order valence-electron chi connectivity index (χ0n) is 33.5. The van der Waals surface area contributed by atoms with Gasteiger partial charge in [-0.15, -0.1) is 0 Å². The minimum Gasteiger partial charge on any atom is -0.456 e. The van der Waals surface area contributed by atoms with Crippen LogP contribution in [0.2, 0.25) is 0 Å². The van der Waals surface area contributed by atoms with Crippen LogP contribution < -0.4 is 5.32 Å². The molecule has 0 radical (unpaired) electrons. The van der Waals surface area contributed by atoms with Gasteiger partial charge in [-0.2, -0.15) is 0 Å². The highest BCUT2D eigenvalue weighted by molar-refractivity contribution is 6.13. The van der Waals surface area contributed by atoms with Crippen molar-refractivity contribution in [2.75, 3.05) is 5.32 Å². The van der Waals surface area contributed by atoms with Crippen molar-refractivity contribution in [3.8, 4) is 11.1 Å². The van der Waals surface area contributed by atoms with E-state index in [2.05, 4.69) is 163 Å². The van der Waals surface area contributed by atoms with Crippen LogP contribution in [-0.4, -0.2) is 18.4 Å². The lowest BCUT2D eigenvalue weighted by molar-refractivity contribution is 0.668. The first-order valence-corrected chi connectivity index (χ1v) is 20.3. The summed E-state index contributed by atoms with van der Waals surface area (Å²) in [6.07, 6.45) is 10.5.